The number of nitrogens with zero attached hydrogens (tertiary/aromatic N) is 1. The van der Waals surface area contributed by atoms with Crippen LogP contribution >= 0.6 is 0 Å². The molecule has 13 atom stereocenters. The van der Waals surface area contributed by atoms with E-state index in [0.29, 0.717) is 24.9 Å². The Morgan fingerprint density at radius 3 is 2.26 bits per heavy atom. The van der Waals surface area contributed by atoms with Crippen molar-refractivity contribution in [1.82, 2.24) is 4.90 Å². The molecule has 34 heavy (non-hydrogen) atoms. The molecule has 7 nitrogen and oxygen atoms in total. The van der Waals surface area contributed by atoms with Crippen LogP contribution in [0.3, 0.4) is 0 Å². The lowest BCUT2D eigenvalue weighted by atomic mass is 9.48. The third-order valence-electron chi connectivity index (χ3n) is 11.3. The molecule has 4 fully saturated rings. The summed E-state index contributed by atoms with van der Waals surface area (Å²) in [5.74, 6) is 0.532. The Morgan fingerprint density at radius 2 is 1.62 bits per heavy atom. The molecule has 1 unspecified atom stereocenters. The highest BCUT2D eigenvalue weighted by Crippen LogP contribution is 2.66. The SMILES string of the molecule is C[C@H]([C@@H](O)[C@H](O)[C@@H](C)N(C)C)[C@H]1CC[C@H]2[C@@H]3COC(=O)C4C[C@H](O)[C@H](O)C[C@]4(C)[C@H]3CC[C@]12C. The zero-order valence-electron chi connectivity index (χ0n) is 21.9. The summed E-state index contributed by atoms with van der Waals surface area (Å²) in [5, 5.41) is 42.8. The van der Waals surface area contributed by atoms with Crippen molar-refractivity contribution in [3.63, 3.8) is 0 Å². The highest BCUT2D eigenvalue weighted by atomic mass is 16.5. The molecule has 7 heteroatoms. The summed E-state index contributed by atoms with van der Waals surface area (Å²) in [6.45, 7) is 8.92. The van der Waals surface area contributed by atoms with Gasteiger partial charge in [-0.3, -0.25) is 4.79 Å². The number of carbonyl (C=O) groups is 1. The van der Waals surface area contributed by atoms with Gasteiger partial charge in [-0.1, -0.05) is 20.8 Å². The molecule has 1 saturated heterocycles. The van der Waals surface area contributed by atoms with Gasteiger partial charge in [0.15, 0.2) is 0 Å². The summed E-state index contributed by atoms with van der Waals surface area (Å²) in [4.78, 5) is 14.9. The van der Waals surface area contributed by atoms with E-state index in [1.807, 2.05) is 25.9 Å². The molecule has 3 saturated carbocycles. The van der Waals surface area contributed by atoms with Gasteiger partial charge in [-0.15, -0.1) is 0 Å². The first-order chi connectivity index (χ1) is 15.8. The van der Waals surface area contributed by atoms with Gasteiger partial charge in [0.05, 0.1) is 36.9 Å². The Labute approximate surface area is 204 Å². The van der Waals surface area contributed by atoms with Crippen LogP contribution in [0.4, 0.5) is 0 Å². The average Bonchev–Trinajstić information content (AvgIpc) is 3.09. The zero-order chi connectivity index (χ0) is 25.2. The van der Waals surface area contributed by atoms with Crippen LogP contribution in [-0.2, 0) is 9.53 Å². The summed E-state index contributed by atoms with van der Waals surface area (Å²) in [6, 6.07) is -0.135. The topological polar surface area (TPSA) is 110 Å². The second-order valence-electron chi connectivity index (χ2n) is 12.9. The van der Waals surface area contributed by atoms with E-state index in [1.165, 1.54) is 0 Å². The van der Waals surface area contributed by atoms with Crippen molar-refractivity contribution < 1.29 is 30.0 Å². The molecule has 4 aliphatic rings. The lowest BCUT2D eigenvalue weighted by Crippen LogP contribution is -2.55. The van der Waals surface area contributed by atoms with Gasteiger partial charge in [0.1, 0.15) is 0 Å². The van der Waals surface area contributed by atoms with E-state index in [2.05, 4.69) is 20.8 Å². The second kappa shape index (κ2) is 9.29. The fourth-order valence-corrected chi connectivity index (χ4v) is 8.83. The fourth-order valence-electron chi connectivity index (χ4n) is 8.83. The van der Waals surface area contributed by atoms with E-state index in [4.69, 9.17) is 4.74 Å². The van der Waals surface area contributed by atoms with Gasteiger partial charge in [0.25, 0.3) is 0 Å². The highest BCUT2D eigenvalue weighted by molar-refractivity contribution is 5.74. The van der Waals surface area contributed by atoms with Crippen LogP contribution in [0.5, 0.6) is 0 Å². The first-order valence-corrected chi connectivity index (χ1v) is 13.4. The highest BCUT2D eigenvalue weighted by Gasteiger charge is 2.63. The maximum absolute atomic E-state index is 13.0. The number of esters is 1. The predicted octanol–water partition coefficient (Wildman–Crippen LogP) is 2.05. The van der Waals surface area contributed by atoms with E-state index in [9.17, 15) is 25.2 Å². The van der Waals surface area contributed by atoms with Crippen molar-refractivity contribution in [2.75, 3.05) is 20.7 Å². The van der Waals surface area contributed by atoms with Crippen molar-refractivity contribution >= 4 is 5.97 Å². The zero-order valence-corrected chi connectivity index (χ0v) is 21.9. The monoisotopic (exact) mass is 481 g/mol. The molecule has 1 aliphatic heterocycles. The van der Waals surface area contributed by atoms with Crippen LogP contribution in [0.25, 0.3) is 0 Å². The number of aliphatic hydroxyl groups is 4. The summed E-state index contributed by atoms with van der Waals surface area (Å²) in [6.07, 6.45) is 1.44. The maximum atomic E-state index is 13.0. The van der Waals surface area contributed by atoms with Gasteiger partial charge >= 0.3 is 5.97 Å². The minimum Gasteiger partial charge on any atom is -0.465 e. The number of carbonyl (C=O) groups excluding carboxylic acids is 1. The molecule has 0 amide bonds. The van der Waals surface area contributed by atoms with Crippen molar-refractivity contribution in [3.8, 4) is 0 Å². The molecule has 0 aromatic heterocycles. The largest absolute Gasteiger partial charge is 0.465 e. The number of likely N-dealkylation sites (N-methyl/N-ethyl adjacent to an activating group) is 1. The van der Waals surface area contributed by atoms with Crippen molar-refractivity contribution in [1.29, 1.82) is 0 Å². The van der Waals surface area contributed by atoms with Crippen molar-refractivity contribution in [2.24, 2.45) is 46.3 Å². The van der Waals surface area contributed by atoms with Gasteiger partial charge in [-0.05, 0) is 100.0 Å². The van der Waals surface area contributed by atoms with Gasteiger partial charge in [0, 0.05) is 6.04 Å². The molecule has 3 aliphatic carbocycles. The van der Waals surface area contributed by atoms with E-state index >= 15 is 0 Å². The third-order valence-corrected chi connectivity index (χ3v) is 11.3. The summed E-state index contributed by atoms with van der Waals surface area (Å²) < 4.78 is 5.86. The van der Waals surface area contributed by atoms with Gasteiger partial charge in [-0.2, -0.15) is 0 Å². The number of hydrogen-bond donors (Lipinski definition) is 4. The molecule has 1 heterocycles. The summed E-state index contributed by atoms with van der Waals surface area (Å²) in [7, 11) is 3.84. The predicted molar refractivity (Wildman–Crippen MR) is 129 cm³/mol. The van der Waals surface area contributed by atoms with Crippen LogP contribution in [0.2, 0.25) is 0 Å². The standard InChI is InChI=1S/C27H47NO6/c1-14(23(31)24(32)15(2)28(5)6)17-7-8-18-16-13-34-25(33)20-11-21(29)22(30)12-27(20,4)19(16)9-10-26(17,18)3/h14-24,29-32H,7-13H2,1-6H3/t14-,15+,16-,17+,18-,19-,20?,21-,22+,23+,24+,26+,27+/m0/s1. The molecule has 0 bridgehead atoms. The first-order valence-electron chi connectivity index (χ1n) is 13.4. The van der Waals surface area contributed by atoms with Crippen LogP contribution in [0, 0.1) is 46.3 Å². The minimum atomic E-state index is -0.870. The van der Waals surface area contributed by atoms with Crippen molar-refractivity contribution in [3.05, 3.63) is 0 Å². The number of ether oxygens (including phenoxy) is 1. The summed E-state index contributed by atoms with van der Waals surface area (Å²) in [5.41, 5.74) is -0.364. The van der Waals surface area contributed by atoms with Gasteiger partial charge in [-0.25, -0.2) is 0 Å². The fraction of sp³-hybridized carbons (Fsp3) is 0.963. The number of cyclic esters (lactones) is 1. The Balaban J connectivity index is 1.58. The van der Waals surface area contributed by atoms with Gasteiger partial charge in [0.2, 0.25) is 0 Å². The molecular formula is C27H47NO6. The molecule has 0 aromatic carbocycles. The van der Waals surface area contributed by atoms with Crippen molar-refractivity contribution in [2.45, 2.75) is 96.7 Å². The molecule has 0 spiro atoms. The summed E-state index contributed by atoms with van der Waals surface area (Å²) >= 11 is 0. The Hall–Kier alpha value is -0.730. The number of rotatable bonds is 5. The second-order valence-corrected chi connectivity index (χ2v) is 12.9. The Morgan fingerprint density at radius 1 is 0.971 bits per heavy atom. The molecule has 0 radical (unpaired) electrons. The lowest BCUT2D eigenvalue weighted by molar-refractivity contribution is -0.162. The van der Waals surface area contributed by atoms with Gasteiger partial charge < -0.3 is 30.1 Å². The quantitative estimate of drug-likeness (QED) is 0.445. The number of hydrogen-bond acceptors (Lipinski definition) is 7. The number of fused-ring (bicyclic) bond motifs is 5. The molecule has 0 aromatic rings. The minimum absolute atomic E-state index is 0.0119. The average molecular weight is 482 g/mol. The Bertz CT molecular complexity index is 761. The maximum Gasteiger partial charge on any atom is 0.309 e. The smallest absolute Gasteiger partial charge is 0.309 e. The Kier molecular flexibility index (Phi) is 7.20. The normalized spacial score (nSPS) is 48.1. The van der Waals surface area contributed by atoms with E-state index in [1.54, 1.807) is 0 Å². The van der Waals surface area contributed by atoms with Crippen LogP contribution in [-0.4, -0.2) is 82.5 Å². The van der Waals surface area contributed by atoms with Crippen LogP contribution in [0.15, 0.2) is 0 Å². The van der Waals surface area contributed by atoms with Crippen LogP contribution < -0.4 is 0 Å². The third kappa shape index (κ3) is 4.03. The first kappa shape index (κ1) is 26.3. The van der Waals surface area contributed by atoms with E-state index in [-0.39, 0.29) is 52.9 Å². The number of aliphatic hydroxyl groups excluding tert-OH is 4. The molecular weight excluding hydrogens is 434 g/mol. The molecule has 196 valence electrons. The van der Waals surface area contributed by atoms with Crippen LogP contribution in [0.1, 0.15) is 66.2 Å². The lowest BCUT2D eigenvalue weighted by Gasteiger charge is -2.56. The van der Waals surface area contributed by atoms with E-state index in [0.717, 1.165) is 25.7 Å². The van der Waals surface area contributed by atoms with E-state index < -0.39 is 24.4 Å². The molecule has 4 rings (SSSR count). The molecule has 4 N–H and O–H groups in total.